The lowest BCUT2D eigenvalue weighted by atomic mass is 9.98. The van der Waals surface area contributed by atoms with Gasteiger partial charge in [0.1, 0.15) is 11.0 Å². The van der Waals surface area contributed by atoms with Gasteiger partial charge in [0.25, 0.3) is 0 Å². The van der Waals surface area contributed by atoms with Gasteiger partial charge in [-0.3, -0.25) is 14.9 Å². The number of benzene rings is 2. The number of anilines is 1. The van der Waals surface area contributed by atoms with Gasteiger partial charge in [-0.1, -0.05) is 85.7 Å². The minimum atomic E-state index is -0.694. The van der Waals surface area contributed by atoms with E-state index in [4.69, 9.17) is 11.6 Å². The molecule has 2 amide bonds. The molecule has 1 heterocycles. The molecule has 3 rings (SSSR count). The Balaban J connectivity index is 1.66. The van der Waals surface area contributed by atoms with E-state index in [0.717, 1.165) is 17.5 Å². The fraction of sp³-hybridized carbons (Fsp3) is 0.217. The largest absolute Gasteiger partial charge is 0.340 e. The van der Waals surface area contributed by atoms with Crippen LogP contribution in [0.4, 0.5) is 5.13 Å². The molecule has 3 aromatic rings. The smallest absolute Gasteiger partial charge is 0.249 e. The van der Waals surface area contributed by atoms with Gasteiger partial charge in [0.05, 0.1) is 0 Å². The van der Waals surface area contributed by atoms with Crippen molar-refractivity contribution in [2.24, 2.45) is 5.92 Å². The molecule has 0 fully saturated rings. The summed E-state index contributed by atoms with van der Waals surface area (Å²) in [6.07, 6.45) is 3.87. The zero-order valence-corrected chi connectivity index (χ0v) is 18.8. The Morgan fingerprint density at radius 3 is 2.48 bits per heavy atom. The first-order chi connectivity index (χ1) is 15.0. The Labute approximate surface area is 190 Å². The molecular formula is C23H23ClN4O2S. The van der Waals surface area contributed by atoms with Crippen molar-refractivity contribution >= 4 is 46.0 Å². The summed E-state index contributed by atoms with van der Waals surface area (Å²) in [6.45, 7) is 3.89. The molecule has 0 aliphatic heterocycles. The lowest BCUT2D eigenvalue weighted by molar-refractivity contribution is -0.125. The van der Waals surface area contributed by atoms with Crippen LogP contribution in [0.1, 0.15) is 25.8 Å². The van der Waals surface area contributed by atoms with Crippen molar-refractivity contribution in [1.82, 2.24) is 15.5 Å². The first-order valence-corrected chi connectivity index (χ1v) is 11.1. The lowest BCUT2D eigenvalue weighted by Gasteiger charge is -2.22. The van der Waals surface area contributed by atoms with Crippen LogP contribution in [0, 0.1) is 5.92 Å². The molecule has 6 nitrogen and oxygen atoms in total. The zero-order valence-electron chi connectivity index (χ0n) is 17.2. The van der Waals surface area contributed by atoms with Gasteiger partial charge in [-0.2, -0.15) is 0 Å². The number of hydrogen-bond acceptors (Lipinski definition) is 5. The summed E-state index contributed by atoms with van der Waals surface area (Å²) in [6, 6.07) is 16.0. The SMILES string of the molecule is CC[C@@H](C)[C@H](NC(=O)/C=C/c1ccccc1)C(=O)Nc1nnc(-c2ccc(Cl)cc2)s1. The van der Waals surface area contributed by atoms with E-state index in [9.17, 15) is 9.59 Å². The molecular weight excluding hydrogens is 432 g/mol. The number of nitrogens with zero attached hydrogens (tertiary/aromatic N) is 2. The van der Waals surface area contributed by atoms with Crippen molar-refractivity contribution in [2.75, 3.05) is 5.32 Å². The number of carbonyl (C=O) groups is 2. The second kappa shape index (κ2) is 10.8. The third-order valence-electron chi connectivity index (χ3n) is 4.77. The summed E-state index contributed by atoms with van der Waals surface area (Å²) in [7, 11) is 0. The predicted molar refractivity (Wildman–Crippen MR) is 126 cm³/mol. The van der Waals surface area contributed by atoms with Gasteiger partial charge in [-0.05, 0) is 29.7 Å². The van der Waals surface area contributed by atoms with Crippen molar-refractivity contribution in [3.8, 4) is 10.6 Å². The number of carbonyl (C=O) groups excluding carboxylic acids is 2. The van der Waals surface area contributed by atoms with E-state index >= 15 is 0 Å². The molecule has 2 N–H and O–H groups in total. The summed E-state index contributed by atoms with van der Waals surface area (Å²) in [5.41, 5.74) is 1.77. The highest BCUT2D eigenvalue weighted by atomic mass is 35.5. The molecule has 0 bridgehead atoms. The van der Waals surface area contributed by atoms with Gasteiger partial charge in [0.2, 0.25) is 16.9 Å². The van der Waals surface area contributed by atoms with Crippen LogP contribution >= 0.6 is 22.9 Å². The first-order valence-electron chi connectivity index (χ1n) is 9.90. The predicted octanol–water partition coefficient (Wildman–Crippen LogP) is 5.04. The maximum atomic E-state index is 12.9. The Morgan fingerprint density at radius 1 is 1.10 bits per heavy atom. The summed E-state index contributed by atoms with van der Waals surface area (Å²) in [5, 5.41) is 15.4. The lowest BCUT2D eigenvalue weighted by Crippen LogP contribution is -2.47. The summed E-state index contributed by atoms with van der Waals surface area (Å²) in [5.74, 6) is -0.712. The average Bonchev–Trinajstić information content (AvgIpc) is 3.25. The van der Waals surface area contributed by atoms with E-state index in [-0.39, 0.29) is 17.7 Å². The quantitative estimate of drug-likeness (QED) is 0.467. The Bertz CT molecular complexity index is 1050. The molecule has 31 heavy (non-hydrogen) atoms. The fourth-order valence-corrected chi connectivity index (χ4v) is 3.68. The maximum absolute atomic E-state index is 12.9. The molecule has 2 atom stereocenters. The van der Waals surface area contributed by atoms with Crippen molar-refractivity contribution < 1.29 is 9.59 Å². The third kappa shape index (κ3) is 6.47. The maximum Gasteiger partial charge on any atom is 0.249 e. The topological polar surface area (TPSA) is 84.0 Å². The van der Waals surface area contributed by atoms with Crippen LogP contribution in [0.5, 0.6) is 0 Å². The van der Waals surface area contributed by atoms with Gasteiger partial charge in [0, 0.05) is 16.7 Å². The minimum absolute atomic E-state index is 0.0577. The van der Waals surface area contributed by atoms with Crippen molar-refractivity contribution in [2.45, 2.75) is 26.3 Å². The molecule has 0 saturated heterocycles. The van der Waals surface area contributed by atoms with E-state index in [1.165, 1.54) is 17.4 Å². The van der Waals surface area contributed by atoms with Gasteiger partial charge in [-0.25, -0.2) is 0 Å². The van der Waals surface area contributed by atoms with Crippen LogP contribution in [-0.2, 0) is 9.59 Å². The monoisotopic (exact) mass is 454 g/mol. The molecule has 0 spiro atoms. The van der Waals surface area contributed by atoms with E-state index < -0.39 is 6.04 Å². The highest BCUT2D eigenvalue weighted by Crippen LogP contribution is 2.27. The van der Waals surface area contributed by atoms with E-state index in [1.807, 2.05) is 56.3 Å². The molecule has 0 unspecified atom stereocenters. The minimum Gasteiger partial charge on any atom is -0.340 e. The second-order valence-corrected chi connectivity index (χ2v) is 8.44. The summed E-state index contributed by atoms with van der Waals surface area (Å²) >= 11 is 7.18. The van der Waals surface area contributed by atoms with Gasteiger partial charge >= 0.3 is 0 Å². The first kappa shape index (κ1) is 22.7. The van der Waals surface area contributed by atoms with E-state index in [1.54, 1.807) is 18.2 Å². The van der Waals surface area contributed by atoms with Gasteiger partial charge < -0.3 is 5.32 Å². The van der Waals surface area contributed by atoms with Crippen LogP contribution in [0.15, 0.2) is 60.7 Å². The number of hydrogen-bond donors (Lipinski definition) is 2. The van der Waals surface area contributed by atoms with Crippen molar-refractivity contribution in [3.63, 3.8) is 0 Å². The highest BCUT2D eigenvalue weighted by molar-refractivity contribution is 7.18. The van der Waals surface area contributed by atoms with Crippen molar-refractivity contribution in [1.29, 1.82) is 0 Å². The normalized spacial score (nSPS) is 13.0. The molecule has 0 radical (unpaired) electrons. The summed E-state index contributed by atoms with van der Waals surface area (Å²) in [4.78, 5) is 25.3. The van der Waals surface area contributed by atoms with Crippen LogP contribution in [0.3, 0.4) is 0 Å². The van der Waals surface area contributed by atoms with Crippen LogP contribution in [0.25, 0.3) is 16.6 Å². The number of nitrogens with one attached hydrogen (secondary N) is 2. The molecule has 0 saturated carbocycles. The standard InChI is InChI=1S/C23H23ClN4O2S/c1-3-15(2)20(25-19(29)14-9-16-7-5-4-6-8-16)21(30)26-23-28-27-22(31-23)17-10-12-18(24)13-11-17/h4-15,20H,3H2,1-2H3,(H,25,29)(H,26,28,30)/b14-9+/t15-,20+/m1/s1. The Morgan fingerprint density at radius 2 is 1.81 bits per heavy atom. The highest BCUT2D eigenvalue weighted by Gasteiger charge is 2.26. The third-order valence-corrected chi connectivity index (χ3v) is 5.91. The number of aromatic nitrogens is 2. The molecule has 160 valence electrons. The Kier molecular flexibility index (Phi) is 7.92. The van der Waals surface area contributed by atoms with Crippen molar-refractivity contribution in [3.05, 3.63) is 71.3 Å². The Hall–Kier alpha value is -3.03. The molecule has 0 aliphatic rings. The molecule has 2 aromatic carbocycles. The van der Waals surface area contributed by atoms with E-state index in [0.29, 0.717) is 15.2 Å². The molecule has 0 aliphatic carbocycles. The van der Waals surface area contributed by atoms with Crippen LogP contribution < -0.4 is 10.6 Å². The fourth-order valence-electron chi connectivity index (χ4n) is 2.81. The van der Waals surface area contributed by atoms with Crippen LogP contribution in [-0.4, -0.2) is 28.1 Å². The molecule has 1 aromatic heterocycles. The summed E-state index contributed by atoms with van der Waals surface area (Å²) < 4.78 is 0. The van der Waals surface area contributed by atoms with E-state index in [2.05, 4.69) is 20.8 Å². The molecule has 8 heteroatoms. The zero-order chi connectivity index (χ0) is 22.2. The van der Waals surface area contributed by atoms with Gasteiger partial charge in [0.15, 0.2) is 0 Å². The average molecular weight is 455 g/mol. The number of halogens is 1. The van der Waals surface area contributed by atoms with Gasteiger partial charge in [-0.15, -0.1) is 10.2 Å². The van der Waals surface area contributed by atoms with Crippen LogP contribution in [0.2, 0.25) is 5.02 Å². The number of rotatable bonds is 8. The number of amides is 2. The second-order valence-electron chi connectivity index (χ2n) is 7.02.